The number of nitrogens with zero attached hydrogens (tertiary/aromatic N) is 2. The molecule has 132 valence electrons. The molecule has 1 aliphatic heterocycles. The number of amides is 1. The fourth-order valence-corrected chi connectivity index (χ4v) is 3.82. The predicted octanol–water partition coefficient (Wildman–Crippen LogP) is 2.64. The van der Waals surface area contributed by atoms with Crippen LogP contribution in [-0.2, 0) is 4.79 Å². The molecule has 0 unspecified atom stereocenters. The van der Waals surface area contributed by atoms with Crippen LogP contribution in [0.3, 0.4) is 0 Å². The molecule has 0 bridgehead atoms. The van der Waals surface area contributed by atoms with E-state index in [0.717, 1.165) is 32.7 Å². The third kappa shape index (κ3) is 4.69. The zero-order valence-corrected chi connectivity index (χ0v) is 14.3. The number of rotatable bonds is 6. The average molecular weight is 333 g/mol. The molecule has 2 aliphatic rings. The molecular weight excluding hydrogens is 305 g/mol. The first-order valence-corrected chi connectivity index (χ1v) is 9.21. The van der Waals surface area contributed by atoms with Gasteiger partial charge >= 0.3 is 0 Å². The molecule has 1 heterocycles. The maximum Gasteiger partial charge on any atom is 0.220 e. The second kappa shape index (κ2) is 8.47. The van der Waals surface area contributed by atoms with Crippen molar-refractivity contribution >= 4 is 11.6 Å². The van der Waals surface area contributed by atoms with Gasteiger partial charge in [-0.3, -0.25) is 9.69 Å². The second-order valence-electron chi connectivity index (χ2n) is 6.98. The maximum absolute atomic E-state index is 13.8. The Morgan fingerprint density at radius 3 is 2.54 bits per heavy atom. The fourth-order valence-electron chi connectivity index (χ4n) is 3.82. The van der Waals surface area contributed by atoms with E-state index in [1.807, 2.05) is 12.1 Å². The molecule has 1 saturated heterocycles. The van der Waals surface area contributed by atoms with Crippen molar-refractivity contribution in [2.24, 2.45) is 5.92 Å². The van der Waals surface area contributed by atoms with E-state index in [1.165, 1.54) is 31.7 Å². The van der Waals surface area contributed by atoms with Gasteiger partial charge in [-0.05, 0) is 30.9 Å². The van der Waals surface area contributed by atoms with Crippen molar-refractivity contribution in [1.29, 1.82) is 0 Å². The number of hydrogen-bond donors (Lipinski definition) is 1. The lowest BCUT2D eigenvalue weighted by Crippen LogP contribution is -2.48. The summed E-state index contributed by atoms with van der Waals surface area (Å²) in [5.74, 6) is 0.659. The van der Waals surface area contributed by atoms with Crippen molar-refractivity contribution in [2.75, 3.05) is 44.2 Å². The summed E-state index contributed by atoms with van der Waals surface area (Å²) in [6.45, 7) is 5.07. The minimum absolute atomic E-state index is 0.148. The summed E-state index contributed by atoms with van der Waals surface area (Å²) >= 11 is 0. The lowest BCUT2D eigenvalue weighted by atomic mass is 10.0. The first-order chi connectivity index (χ1) is 11.7. The van der Waals surface area contributed by atoms with Gasteiger partial charge in [-0.2, -0.15) is 0 Å². The molecule has 0 radical (unpaired) electrons. The average Bonchev–Trinajstić information content (AvgIpc) is 3.09. The van der Waals surface area contributed by atoms with Gasteiger partial charge in [0.05, 0.1) is 5.69 Å². The van der Waals surface area contributed by atoms with Crippen LogP contribution in [0.4, 0.5) is 10.1 Å². The fraction of sp³-hybridized carbons (Fsp3) is 0.632. The minimum Gasteiger partial charge on any atom is -0.367 e. The summed E-state index contributed by atoms with van der Waals surface area (Å²) in [6.07, 6.45) is 5.69. The molecule has 0 atom stereocenters. The first kappa shape index (κ1) is 17.2. The van der Waals surface area contributed by atoms with Gasteiger partial charge in [0.15, 0.2) is 0 Å². The van der Waals surface area contributed by atoms with E-state index in [-0.39, 0.29) is 11.7 Å². The second-order valence-corrected chi connectivity index (χ2v) is 6.98. The molecule has 2 fully saturated rings. The number of anilines is 1. The molecule has 24 heavy (non-hydrogen) atoms. The number of nitrogens with one attached hydrogen (secondary N) is 1. The summed E-state index contributed by atoms with van der Waals surface area (Å²) in [4.78, 5) is 16.4. The molecule has 1 N–H and O–H groups in total. The number of halogens is 1. The topological polar surface area (TPSA) is 35.6 Å². The number of carbonyl (C=O) groups is 1. The molecule has 0 spiro atoms. The van der Waals surface area contributed by atoms with Crippen LogP contribution in [0.2, 0.25) is 0 Å². The van der Waals surface area contributed by atoms with E-state index in [0.29, 0.717) is 24.6 Å². The number of hydrogen-bond acceptors (Lipinski definition) is 3. The molecule has 1 aliphatic carbocycles. The smallest absolute Gasteiger partial charge is 0.220 e. The standard InChI is InChI=1S/C19H28FN3O/c20-17-7-3-4-8-18(17)23-13-11-22(12-14-23)10-9-21-19(24)15-16-5-1-2-6-16/h3-4,7-8,16H,1-2,5-6,9-15H2,(H,21,24). The molecular formula is C19H28FN3O. The van der Waals surface area contributed by atoms with Gasteiger partial charge in [0, 0.05) is 45.7 Å². The van der Waals surface area contributed by atoms with Crippen molar-refractivity contribution in [2.45, 2.75) is 32.1 Å². The number of piperazine rings is 1. The van der Waals surface area contributed by atoms with Gasteiger partial charge in [0.2, 0.25) is 5.91 Å². The monoisotopic (exact) mass is 333 g/mol. The van der Waals surface area contributed by atoms with E-state index in [4.69, 9.17) is 0 Å². The molecule has 1 aromatic rings. The summed E-state index contributed by atoms with van der Waals surface area (Å²) in [7, 11) is 0. The highest BCUT2D eigenvalue weighted by atomic mass is 19.1. The van der Waals surface area contributed by atoms with Gasteiger partial charge < -0.3 is 10.2 Å². The Morgan fingerprint density at radius 1 is 1.12 bits per heavy atom. The summed E-state index contributed by atoms with van der Waals surface area (Å²) in [6, 6.07) is 6.96. The number of para-hydroxylation sites is 1. The Balaban J connectivity index is 1.34. The Bertz CT molecular complexity index is 537. The highest BCUT2D eigenvalue weighted by Crippen LogP contribution is 2.27. The third-order valence-corrected chi connectivity index (χ3v) is 5.26. The van der Waals surface area contributed by atoms with Gasteiger partial charge in [0.25, 0.3) is 0 Å². The molecule has 1 amide bonds. The number of benzene rings is 1. The van der Waals surface area contributed by atoms with Crippen molar-refractivity contribution in [1.82, 2.24) is 10.2 Å². The van der Waals surface area contributed by atoms with Gasteiger partial charge in [0.1, 0.15) is 5.82 Å². The Hall–Kier alpha value is -1.62. The van der Waals surface area contributed by atoms with Gasteiger partial charge in [-0.15, -0.1) is 0 Å². The van der Waals surface area contributed by atoms with Crippen LogP contribution in [0.25, 0.3) is 0 Å². The van der Waals surface area contributed by atoms with E-state index in [2.05, 4.69) is 15.1 Å². The van der Waals surface area contributed by atoms with Gasteiger partial charge in [-0.25, -0.2) is 4.39 Å². The van der Waals surface area contributed by atoms with E-state index in [1.54, 1.807) is 6.07 Å². The lowest BCUT2D eigenvalue weighted by molar-refractivity contribution is -0.122. The lowest BCUT2D eigenvalue weighted by Gasteiger charge is -2.36. The first-order valence-electron chi connectivity index (χ1n) is 9.21. The van der Waals surface area contributed by atoms with E-state index < -0.39 is 0 Å². The Morgan fingerprint density at radius 2 is 1.83 bits per heavy atom. The highest BCUT2D eigenvalue weighted by Gasteiger charge is 2.20. The quantitative estimate of drug-likeness (QED) is 0.869. The SMILES string of the molecule is O=C(CC1CCCC1)NCCN1CCN(c2ccccc2F)CC1. The highest BCUT2D eigenvalue weighted by molar-refractivity contribution is 5.76. The van der Waals surface area contributed by atoms with Crippen molar-refractivity contribution < 1.29 is 9.18 Å². The Labute approximate surface area is 144 Å². The van der Waals surface area contributed by atoms with E-state index >= 15 is 0 Å². The normalized spacial score (nSPS) is 19.6. The van der Waals surface area contributed by atoms with Crippen LogP contribution in [-0.4, -0.2) is 50.1 Å². The predicted molar refractivity (Wildman–Crippen MR) is 94.6 cm³/mol. The summed E-state index contributed by atoms with van der Waals surface area (Å²) in [5.41, 5.74) is 0.696. The van der Waals surface area contributed by atoms with Crippen molar-refractivity contribution in [3.05, 3.63) is 30.1 Å². The van der Waals surface area contributed by atoms with Crippen LogP contribution < -0.4 is 10.2 Å². The Kier molecular flexibility index (Phi) is 6.07. The van der Waals surface area contributed by atoms with E-state index in [9.17, 15) is 9.18 Å². The maximum atomic E-state index is 13.8. The van der Waals surface area contributed by atoms with Crippen LogP contribution in [0, 0.1) is 11.7 Å². The minimum atomic E-state index is -0.148. The van der Waals surface area contributed by atoms with Gasteiger partial charge in [-0.1, -0.05) is 25.0 Å². The zero-order valence-electron chi connectivity index (χ0n) is 14.3. The summed E-state index contributed by atoms with van der Waals surface area (Å²) < 4.78 is 13.8. The third-order valence-electron chi connectivity index (χ3n) is 5.26. The molecule has 3 rings (SSSR count). The van der Waals surface area contributed by atoms with Crippen LogP contribution in [0.15, 0.2) is 24.3 Å². The zero-order chi connectivity index (χ0) is 16.8. The molecule has 0 aromatic heterocycles. The summed E-state index contributed by atoms with van der Waals surface area (Å²) in [5, 5.41) is 3.05. The van der Waals surface area contributed by atoms with Crippen molar-refractivity contribution in [3.63, 3.8) is 0 Å². The van der Waals surface area contributed by atoms with Crippen molar-refractivity contribution in [3.8, 4) is 0 Å². The van der Waals surface area contributed by atoms with Crippen LogP contribution in [0.1, 0.15) is 32.1 Å². The molecule has 1 saturated carbocycles. The van der Waals surface area contributed by atoms with Crippen LogP contribution in [0.5, 0.6) is 0 Å². The molecule has 5 heteroatoms. The molecule has 1 aromatic carbocycles. The number of carbonyl (C=O) groups excluding carboxylic acids is 1. The van der Waals surface area contributed by atoms with Crippen LogP contribution >= 0.6 is 0 Å². The largest absolute Gasteiger partial charge is 0.367 e. The molecule has 4 nitrogen and oxygen atoms in total.